The molecule has 4 rings (SSSR count). The lowest BCUT2D eigenvalue weighted by Gasteiger charge is -2.58. The second-order valence-electron chi connectivity index (χ2n) is 13.4. The van der Waals surface area contributed by atoms with Crippen LogP contribution < -0.4 is 0 Å². The van der Waals surface area contributed by atoms with Crippen molar-refractivity contribution in [1.82, 2.24) is 0 Å². The van der Waals surface area contributed by atoms with E-state index in [0.717, 1.165) is 48.2 Å². The Bertz CT molecular complexity index is 750. The number of hydrogen-bond donors (Lipinski definition) is 0. The van der Waals surface area contributed by atoms with Crippen molar-refractivity contribution in [3.8, 4) is 0 Å². The van der Waals surface area contributed by atoms with E-state index in [1.165, 1.54) is 64.2 Å². The van der Waals surface area contributed by atoms with Crippen molar-refractivity contribution in [1.29, 1.82) is 0 Å². The van der Waals surface area contributed by atoms with Gasteiger partial charge in [-0.05, 0) is 97.7 Å². The molecule has 2 heteroatoms. The van der Waals surface area contributed by atoms with Gasteiger partial charge in [-0.2, -0.15) is 0 Å². The lowest BCUT2D eigenvalue weighted by Crippen LogP contribution is -2.51. The fourth-order valence-corrected chi connectivity index (χ4v) is 9.21. The normalized spacial score (nSPS) is 40.5. The minimum Gasteiger partial charge on any atom is -0.374 e. The number of fused-ring (bicyclic) bond motifs is 5. The molecule has 0 aromatic carbocycles. The summed E-state index contributed by atoms with van der Waals surface area (Å²) in [5, 5.41) is 0. The van der Waals surface area contributed by atoms with Crippen molar-refractivity contribution < 1.29 is 9.53 Å². The van der Waals surface area contributed by atoms with E-state index in [1.54, 1.807) is 5.57 Å². The van der Waals surface area contributed by atoms with Crippen LogP contribution in [-0.4, -0.2) is 19.0 Å². The Labute approximate surface area is 210 Å². The lowest BCUT2D eigenvalue weighted by molar-refractivity contribution is -0.107. The average Bonchev–Trinajstić information content (AvgIpc) is 3.16. The zero-order chi connectivity index (χ0) is 24.3. The summed E-state index contributed by atoms with van der Waals surface area (Å²) in [7, 11) is 0. The van der Waals surface area contributed by atoms with E-state index in [2.05, 4.69) is 40.7 Å². The highest BCUT2D eigenvalue weighted by molar-refractivity contribution is 5.51. The van der Waals surface area contributed by atoms with Crippen LogP contribution >= 0.6 is 0 Å². The molecular weight excluding hydrogens is 416 g/mol. The highest BCUT2D eigenvalue weighted by Crippen LogP contribution is 2.67. The van der Waals surface area contributed by atoms with Gasteiger partial charge in [0.15, 0.2) is 0 Å². The van der Waals surface area contributed by atoms with Crippen LogP contribution in [-0.2, 0) is 9.53 Å². The predicted molar refractivity (Wildman–Crippen MR) is 143 cm³/mol. The minimum atomic E-state index is 0.355. The van der Waals surface area contributed by atoms with Crippen LogP contribution in [0.15, 0.2) is 23.8 Å². The Kier molecular flexibility index (Phi) is 8.48. The summed E-state index contributed by atoms with van der Waals surface area (Å²) in [6.45, 7) is 13.3. The first-order valence-corrected chi connectivity index (χ1v) is 14.7. The van der Waals surface area contributed by atoms with Gasteiger partial charge >= 0.3 is 0 Å². The molecule has 192 valence electrons. The smallest absolute Gasteiger partial charge is 0.123 e. The molecule has 4 aliphatic rings. The lowest BCUT2D eigenvalue weighted by atomic mass is 9.47. The van der Waals surface area contributed by atoms with E-state index >= 15 is 0 Å². The topological polar surface area (TPSA) is 26.3 Å². The molecule has 3 fully saturated rings. The molecule has 8 unspecified atom stereocenters. The summed E-state index contributed by atoms with van der Waals surface area (Å²) in [5.41, 5.74) is 2.69. The molecule has 0 radical (unpaired) electrons. The van der Waals surface area contributed by atoms with Gasteiger partial charge in [-0.3, -0.25) is 0 Å². The van der Waals surface area contributed by atoms with Crippen molar-refractivity contribution in [2.45, 2.75) is 118 Å². The number of rotatable bonds is 10. The van der Waals surface area contributed by atoms with Crippen molar-refractivity contribution in [3.63, 3.8) is 0 Å². The van der Waals surface area contributed by atoms with E-state index in [1.807, 2.05) is 12.2 Å². The summed E-state index contributed by atoms with van der Waals surface area (Å²) in [6, 6.07) is 0. The molecule has 0 saturated heterocycles. The quantitative estimate of drug-likeness (QED) is 0.237. The number of aldehydes is 1. The predicted octanol–water partition coefficient (Wildman–Crippen LogP) is 8.56. The molecule has 3 saturated carbocycles. The Morgan fingerprint density at radius 2 is 1.85 bits per heavy atom. The maximum Gasteiger partial charge on any atom is 0.123 e. The highest BCUT2D eigenvalue weighted by atomic mass is 16.5. The molecule has 0 aromatic rings. The molecule has 4 aliphatic carbocycles. The van der Waals surface area contributed by atoms with Gasteiger partial charge in [0.2, 0.25) is 0 Å². The number of carbonyl (C=O) groups is 1. The van der Waals surface area contributed by atoms with Crippen LogP contribution in [0, 0.1) is 46.3 Å². The zero-order valence-corrected chi connectivity index (χ0v) is 22.9. The second kappa shape index (κ2) is 11.0. The maximum atomic E-state index is 10.5. The first kappa shape index (κ1) is 26.2. The maximum absolute atomic E-state index is 10.5. The molecule has 2 nitrogen and oxygen atoms in total. The van der Waals surface area contributed by atoms with Gasteiger partial charge in [-0.25, -0.2) is 0 Å². The monoisotopic (exact) mass is 468 g/mol. The molecule has 0 spiro atoms. The van der Waals surface area contributed by atoms with E-state index in [4.69, 9.17) is 4.74 Å². The van der Waals surface area contributed by atoms with Gasteiger partial charge in [-0.15, -0.1) is 0 Å². The molecule has 0 N–H and O–H groups in total. The Morgan fingerprint density at radius 3 is 2.62 bits per heavy atom. The van der Waals surface area contributed by atoms with Crippen molar-refractivity contribution in [2.75, 3.05) is 6.61 Å². The summed E-state index contributed by atoms with van der Waals surface area (Å²) in [6.07, 6.45) is 23.4. The number of hydrogen-bond acceptors (Lipinski definition) is 2. The van der Waals surface area contributed by atoms with Crippen LogP contribution in [0.5, 0.6) is 0 Å². The molecule has 0 amide bonds. The molecule has 8 atom stereocenters. The third-order valence-corrected chi connectivity index (χ3v) is 11.1. The van der Waals surface area contributed by atoms with Gasteiger partial charge in [0.25, 0.3) is 0 Å². The van der Waals surface area contributed by atoms with Gasteiger partial charge in [-0.1, -0.05) is 77.7 Å². The van der Waals surface area contributed by atoms with Crippen LogP contribution in [0.3, 0.4) is 0 Å². The second-order valence-corrected chi connectivity index (χ2v) is 13.4. The summed E-state index contributed by atoms with van der Waals surface area (Å²) in [5.74, 6) is 5.41. The van der Waals surface area contributed by atoms with Crippen LogP contribution in [0.4, 0.5) is 0 Å². The first-order chi connectivity index (χ1) is 16.3. The summed E-state index contributed by atoms with van der Waals surface area (Å²) < 4.78 is 6.19. The zero-order valence-electron chi connectivity index (χ0n) is 22.9. The van der Waals surface area contributed by atoms with E-state index in [-0.39, 0.29) is 0 Å². The average molecular weight is 469 g/mol. The largest absolute Gasteiger partial charge is 0.374 e. The van der Waals surface area contributed by atoms with Crippen molar-refractivity contribution >= 4 is 6.29 Å². The Balaban J connectivity index is 1.39. The fraction of sp³-hybridized carbons (Fsp3) is 0.844. The molecular formula is C32H52O2. The first-order valence-electron chi connectivity index (χ1n) is 14.7. The van der Waals surface area contributed by atoms with E-state index in [0.29, 0.717) is 30.0 Å². The summed E-state index contributed by atoms with van der Waals surface area (Å²) in [4.78, 5) is 10.5. The van der Waals surface area contributed by atoms with Gasteiger partial charge < -0.3 is 9.53 Å². The van der Waals surface area contributed by atoms with Gasteiger partial charge in [0.1, 0.15) is 6.29 Å². The van der Waals surface area contributed by atoms with Crippen molar-refractivity contribution in [3.05, 3.63) is 23.8 Å². The third kappa shape index (κ3) is 5.14. The van der Waals surface area contributed by atoms with Gasteiger partial charge in [0, 0.05) is 6.42 Å². The standard InChI is InChI=1S/C32H52O2/c1-23(2)10-9-11-24(3)28-14-15-29-27-13-12-25-22-26(34-21-8-6-7-20-33)16-18-31(25,4)30(27)17-19-32(28,29)5/h6,8,12,20,23-24,26-30H,7,9-11,13-19,21-22H2,1-5H3. The van der Waals surface area contributed by atoms with Crippen molar-refractivity contribution in [2.24, 2.45) is 46.3 Å². The van der Waals surface area contributed by atoms with E-state index < -0.39 is 0 Å². The van der Waals surface area contributed by atoms with Crippen LogP contribution in [0.1, 0.15) is 112 Å². The summed E-state index contributed by atoms with van der Waals surface area (Å²) >= 11 is 0. The molecule has 0 heterocycles. The molecule has 34 heavy (non-hydrogen) atoms. The molecule has 0 aromatic heterocycles. The van der Waals surface area contributed by atoms with Crippen LogP contribution in [0.25, 0.3) is 0 Å². The number of allylic oxidation sites excluding steroid dienone is 2. The Morgan fingerprint density at radius 1 is 1.03 bits per heavy atom. The molecule has 0 bridgehead atoms. The number of carbonyl (C=O) groups excluding carboxylic acids is 1. The third-order valence-electron chi connectivity index (χ3n) is 11.1. The van der Waals surface area contributed by atoms with Gasteiger partial charge in [0.05, 0.1) is 12.7 Å². The fourth-order valence-electron chi connectivity index (χ4n) is 9.21. The van der Waals surface area contributed by atoms with E-state index in [9.17, 15) is 4.79 Å². The Hall–Kier alpha value is -0.890. The highest BCUT2D eigenvalue weighted by Gasteiger charge is 2.59. The minimum absolute atomic E-state index is 0.355. The SMILES string of the molecule is CC(C)CCCC(C)C1CCC2C3CC=C4CC(OCC=CCC=O)CCC4(C)C3CCC12C. The number of ether oxygens (including phenoxy) is 1. The van der Waals surface area contributed by atoms with Crippen LogP contribution in [0.2, 0.25) is 0 Å². The molecule has 0 aliphatic heterocycles.